The first-order chi connectivity index (χ1) is 10.4. The zero-order chi connectivity index (χ0) is 15.4. The number of rotatable bonds is 16. The third kappa shape index (κ3) is 19.1. The molecule has 0 aromatic carbocycles. The van der Waals surface area contributed by atoms with Crippen molar-refractivity contribution in [2.75, 3.05) is 0 Å². The summed E-state index contributed by atoms with van der Waals surface area (Å²) >= 11 is 0. The Morgan fingerprint density at radius 3 is 1.52 bits per heavy atom. The Hall–Kier alpha value is -0.850. The van der Waals surface area contributed by atoms with Gasteiger partial charge in [0.2, 0.25) is 0 Å². The molecular weight excluding hydrogens is 256 g/mol. The average molecular weight is 293 g/mol. The number of hydrogen-bond acceptors (Lipinski definition) is 1. The van der Waals surface area contributed by atoms with Crippen LogP contribution in [-0.4, -0.2) is 6.29 Å². The highest BCUT2D eigenvalue weighted by Gasteiger charge is 1.93. The molecule has 1 heteroatoms. The fourth-order valence-corrected chi connectivity index (χ4v) is 2.56. The lowest BCUT2D eigenvalue weighted by molar-refractivity contribution is -0.104. The summed E-state index contributed by atoms with van der Waals surface area (Å²) in [5.41, 5.74) is 0. The SMILES string of the molecule is CCCCCCCCCCCCCCCC=CC=CC=O. The number of carbonyl (C=O) groups excluding carboxylic acids is 1. The molecule has 0 aliphatic rings. The Kier molecular flexibility index (Phi) is 18.4. The van der Waals surface area contributed by atoms with E-state index in [1.54, 1.807) is 6.08 Å². The molecule has 0 spiro atoms. The maximum Gasteiger partial charge on any atom is 0.142 e. The second-order valence-corrected chi connectivity index (χ2v) is 5.98. The minimum atomic E-state index is 0.815. The van der Waals surface area contributed by atoms with Gasteiger partial charge in [0.15, 0.2) is 0 Å². The maximum atomic E-state index is 10.0. The number of hydrogen-bond donors (Lipinski definition) is 0. The van der Waals surface area contributed by atoms with E-state index in [0.717, 1.165) is 12.7 Å². The molecule has 21 heavy (non-hydrogen) atoms. The highest BCUT2D eigenvalue weighted by Crippen LogP contribution is 2.12. The number of allylic oxidation sites excluding steroid dienone is 4. The highest BCUT2D eigenvalue weighted by molar-refractivity contribution is 5.65. The van der Waals surface area contributed by atoms with Gasteiger partial charge in [-0.15, -0.1) is 0 Å². The summed E-state index contributed by atoms with van der Waals surface area (Å²) in [5, 5.41) is 0. The summed E-state index contributed by atoms with van der Waals surface area (Å²) < 4.78 is 0. The third-order valence-corrected chi connectivity index (χ3v) is 3.91. The summed E-state index contributed by atoms with van der Waals surface area (Å²) in [6.07, 6.45) is 27.7. The molecule has 0 aromatic rings. The van der Waals surface area contributed by atoms with Crippen LogP contribution in [0.5, 0.6) is 0 Å². The summed E-state index contributed by atoms with van der Waals surface area (Å²) in [5.74, 6) is 0. The second-order valence-electron chi connectivity index (χ2n) is 5.98. The van der Waals surface area contributed by atoms with Crippen LogP contribution in [0, 0.1) is 0 Å². The van der Waals surface area contributed by atoms with Gasteiger partial charge in [-0.2, -0.15) is 0 Å². The van der Waals surface area contributed by atoms with E-state index >= 15 is 0 Å². The molecule has 0 unspecified atom stereocenters. The zero-order valence-electron chi connectivity index (χ0n) is 14.2. The van der Waals surface area contributed by atoms with Gasteiger partial charge in [0.05, 0.1) is 0 Å². The molecule has 0 rings (SSSR count). The van der Waals surface area contributed by atoms with Crippen molar-refractivity contribution in [1.29, 1.82) is 0 Å². The number of unbranched alkanes of at least 4 members (excludes halogenated alkanes) is 13. The molecule has 0 saturated carbocycles. The van der Waals surface area contributed by atoms with E-state index in [9.17, 15) is 4.79 Å². The smallest absolute Gasteiger partial charge is 0.142 e. The van der Waals surface area contributed by atoms with Gasteiger partial charge in [0.1, 0.15) is 6.29 Å². The molecular formula is C20H36O. The standard InChI is InChI=1S/C20H36O/c1-2-3-4-5-6-7-8-9-10-11-12-13-14-15-16-17-18-19-20-21/h16-20H,2-15H2,1H3. The van der Waals surface area contributed by atoms with Crippen LogP contribution >= 0.6 is 0 Å². The quantitative estimate of drug-likeness (QED) is 0.133. The second kappa shape index (κ2) is 19.1. The molecule has 0 aromatic heterocycles. The van der Waals surface area contributed by atoms with E-state index in [-0.39, 0.29) is 0 Å². The summed E-state index contributed by atoms with van der Waals surface area (Å²) in [6, 6.07) is 0. The molecule has 122 valence electrons. The fraction of sp³-hybridized carbons (Fsp3) is 0.750. The van der Waals surface area contributed by atoms with Crippen LogP contribution in [0.25, 0.3) is 0 Å². The molecule has 1 nitrogen and oxygen atoms in total. The van der Waals surface area contributed by atoms with Gasteiger partial charge in [-0.1, -0.05) is 102 Å². The molecule has 0 atom stereocenters. The molecule has 0 radical (unpaired) electrons. The van der Waals surface area contributed by atoms with Crippen LogP contribution in [0.4, 0.5) is 0 Å². The lowest BCUT2D eigenvalue weighted by atomic mass is 10.0. The van der Waals surface area contributed by atoms with Crippen molar-refractivity contribution >= 4 is 6.29 Å². The average Bonchev–Trinajstić information content (AvgIpc) is 2.50. The first-order valence-corrected chi connectivity index (χ1v) is 9.18. The summed E-state index contributed by atoms with van der Waals surface area (Å²) in [7, 11) is 0. The minimum absolute atomic E-state index is 0.815. The number of carbonyl (C=O) groups is 1. The van der Waals surface area contributed by atoms with Gasteiger partial charge >= 0.3 is 0 Å². The predicted octanol–water partition coefficient (Wildman–Crippen LogP) is 6.78. The largest absolute Gasteiger partial charge is 0.299 e. The van der Waals surface area contributed by atoms with E-state index < -0.39 is 0 Å². The van der Waals surface area contributed by atoms with Crippen LogP contribution in [0.2, 0.25) is 0 Å². The van der Waals surface area contributed by atoms with Gasteiger partial charge in [0.25, 0.3) is 0 Å². The first kappa shape index (κ1) is 20.1. The van der Waals surface area contributed by atoms with E-state index in [1.165, 1.54) is 89.5 Å². The Morgan fingerprint density at radius 1 is 0.571 bits per heavy atom. The molecule has 0 bridgehead atoms. The highest BCUT2D eigenvalue weighted by atomic mass is 16.1. The Labute approximate surface area is 132 Å². The summed E-state index contributed by atoms with van der Waals surface area (Å²) in [4.78, 5) is 10.0. The van der Waals surface area contributed by atoms with Crippen LogP contribution in [0.3, 0.4) is 0 Å². The number of aldehydes is 1. The molecule has 0 fully saturated rings. The monoisotopic (exact) mass is 292 g/mol. The van der Waals surface area contributed by atoms with Crippen LogP contribution in [-0.2, 0) is 4.79 Å². The zero-order valence-corrected chi connectivity index (χ0v) is 14.2. The van der Waals surface area contributed by atoms with E-state index in [0.29, 0.717) is 0 Å². The van der Waals surface area contributed by atoms with E-state index in [4.69, 9.17) is 0 Å². The van der Waals surface area contributed by atoms with Gasteiger partial charge in [0, 0.05) is 0 Å². The topological polar surface area (TPSA) is 17.1 Å². The molecule has 0 N–H and O–H groups in total. The van der Waals surface area contributed by atoms with Crippen molar-refractivity contribution in [2.24, 2.45) is 0 Å². The Bertz CT molecular complexity index is 253. The third-order valence-electron chi connectivity index (χ3n) is 3.91. The lowest BCUT2D eigenvalue weighted by Gasteiger charge is -2.02. The lowest BCUT2D eigenvalue weighted by Crippen LogP contribution is -1.82. The van der Waals surface area contributed by atoms with Crippen molar-refractivity contribution in [3.8, 4) is 0 Å². The van der Waals surface area contributed by atoms with Gasteiger partial charge in [-0.3, -0.25) is 4.79 Å². The molecule has 0 aliphatic heterocycles. The Morgan fingerprint density at radius 2 is 1.05 bits per heavy atom. The molecule has 0 saturated heterocycles. The fourth-order valence-electron chi connectivity index (χ4n) is 2.56. The van der Waals surface area contributed by atoms with Gasteiger partial charge in [-0.05, 0) is 18.9 Å². The van der Waals surface area contributed by atoms with Crippen molar-refractivity contribution in [3.63, 3.8) is 0 Å². The van der Waals surface area contributed by atoms with Crippen molar-refractivity contribution in [3.05, 3.63) is 24.3 Å². The van der Waals surface area contributed by atoms with Gasteiger partial charge < -0.3 is 0 Å². The molecule has 0 heterocycles. The summed E-state index contributed by atoms with van der Waals surface area (Å²) in [6.45, 7) is 2.28. The predicted molar refractivity (Wildman–Crippen MR) is 94.7 cm³/mol. The molecule has 0 aliphatic carbocycles. The maximum absolute atomic E-state index is 10.0. The van der Waals surface area contributed by atoms with Crippen LogP contribution in [0.15, 0.2) is 24.3 Å². The molecule has 0 amide bonds. The van der Waals surface area contributed by atoms with Crippen molar-refractivity contribution < 1.29 is 4.79 Å². The van der Waals surface area contributed by atoms with E-state index in [2.05, 4.69) is 13.0 Å². The van der Waals surface area contributed by atoms with Crippen LogP contribution < -0.4 is 0 Å². The van der Waals surface area contributed by atoms with Crippen LogP contribution in [0.1, 0.15) is 96.8 Å². The Balaban J connectivity index is 3.04. The van der Waals surface area contributed by atoms with Crippen molar-refractivity contribution in [2.45, 2.75) is 96.8 Å². The van der Waals surface area contributed by atoms with Gasteiger partial charge in [-0.25, -0.2) is 0 Å². The normalized spacial score (nSPS) is 11.7. The van der Waals surface area contributed by atoms with Crippen molar-refractivity contribution in [1.82, 2.24) is 0 Å². The minimum Gasteiger partial charge on any atom is -0.299 e. The van der Waals surface area contributed by atoms with E-state index in [1.807, 2.05) is 6.08 Å². The first-order valence-electron chi connectivity index (χ1n) is 9.18.